The summed E-state index contributed by atoms with van der Waals surface area (Å²) in [5.74, 6) is 0.767. The lowest BCUT2D eigenvalue weighted by Crippen LogP contribution is -2.32. The molecule has 28 heavy (non-hydrogen) atoms. The first-order valence-corrected chi connectivity index (χ1v) is 9.69. The fraction of sp³-hybridized carbons (Fsp3) is 0.348. The van der Waals surface area contributed by atoms with Gasteiger partial charge in [0.2, 0.25) is 5.91 Å². The number of imidazole rings is 1. The molecule has 5 heteroatoms. The Bertz CT molecular complexity index is 971. The van der Waals surface area contributed by atoms with Crippen molar-refractivity contribution in [3.8, 4) is 0 Å². The minimum absolute atomic E-state index is 0.00110. The van der Waals surface area contributed by atoms with Crippen LogP contribution in [0.4, 0.5) is 0 Å². The van der Waals surface area contributed by atoms with Crippen LogP contribution < -0.4 is 5.32 Å². The SMILES string of the molecule is Cc1ccc(C)c(C(=O)CCC(=O)NC(c2nc3ccccc3[nH]2)C(C)C)c1. The Balaban J connectivity index is 1.66. The minimum atomic E-state index is -0.226. The number of rotatable bonds is 7. The lowest BCUT2D eigenvalue weighted by molar-refractivity contribution is -0.122. The number of aromatic nitrogens is 2. The smallest absolute Gasteiger partial charge is 0.221 e. The average Bonchev–Trinajstić information content (AvgIpc) is 3.09. The Hall–Kier alpha value is -2.95. The number of nitrogens with one attached hydrogen (secondary N) is 2. The van der Waals surface area contributed by atoms with Crippen LogP contribution in [0.2, 0.25) is 0 Å². The Morgan fingerprint density at radius 3 is 2.54 bits per heavy atom. The van der Waals surface area contributed by atoms with E-state index in [2.05, 4.69) is 15.3 Å². The first-order valence-electron chi connectivity index (χ1n) is 9.69. The zero-order valence-electron chi connectivity index (χ0n) is 16.9. The maximum absolute atomic E-state index is 12.5. The van der Waals surface area contributed by atoms with Crippen molar-refractivity contribution in [2.45, 2.75) is 46.6 Å². The number of aromatic amines is 1. The molecule has 0 saturated heterocycles. The van der Waals surface area contributed by atoms with Crippen molar-refractivity contribution in [3.05, 3.63) is 65.0 Å². The molecule has 3 aromatic rings. The Morgan fingerprint density at radius 1 is 1.07 bits per heavy atom. The highest BCUT2D eigenvalue weighted by molar-refractivity contribution is 5.99. The second-order valence-corrected chi connectivity index (χ2v) is 7.67. The Labute approximate surface area is 165 Å². The molecule has 0 aliphatic carbocycles. The molecule has 5 nitrogen and oxygen atoms in total. The van der Waals surface area contributed by atoms with Gasteiger partial charge in [-0.05, 0) is 43.5 Å². The topological polar surface area (TPSA) is 74.8 Å². The quantitative estimate of drug-likeness (QED) is 0.588. The molecule has 0 bridgehead atoms. The highest BCUT2D eigenvalue weighted by Gasteiger charge is 2.22. The molecule has 2 aromatic carbocycles. The summed E-state index contributed by atoms with van der Waals surface area (Å²) in [6.45, 7) is 7.96. The maximum Gasteiger partial charge on any atom is 0.221 e. The van der Waals surface area contributed by atoms with E-state index in [0.717, 1.165) is 28.0 Å². The molecule has 1 unspecified atom stereocenters. The predicted octanol–water partition coefficient (Wildman–Crippen LogP) is 4.66. The van der Waals surface area contributed by atoms with E-state index in [1.165, 1.54) is 0 Å². The van der Waals surface area contributed by atoms with Gasteiger partial charge in [-0.1, -0.05) is 43.7 Å². The van der Waals surface area contributed by atoms with E-state index >= 15 is 0 Å². The molecule has 1 atom stereocenters. The number of hydrogen-bond donors (Lipinski definition) is 2. The van der Waals surface area contributed by atoms with Crippen LogP contribution in [0.5, 0.6) is 0 Å². The summed E-state index contributed by atoms with van der Waals surface area (Å²) in [4.78, 5) is 33.0. The molecular weight excluding hydrogens is 350 g/mol. The molecule has 146 valence electrons. The maximum atomic E-state index is 12.5. The molecule has 0 fully saturated rings. The van der Waals surface area contributed by atoms with Crippen molar-refractivity contribution in [2.24, 2.45) is 5.92 Å². The van der Waals surface area contributed by atoms with Gasteiger partial charge in [-0.25, -0.2) is 4.98 Å². The number of amides is 1. The van der Waals surface area contributed by atoms with E-state index in [1.807, 2.05) is 70.2 Å². The molecule has 1 aromatic heterocycles. The zero-order valence-corrected chi connectivity index (χ0v) is 16.9. The van der Waals surface area contributed by atoms with Gasteiger partial charge in [-0.15, -0.1) is 0 Å². The highest BCUT2D eigenvalue weighted by atomic mass is 16.2. The Kier molecular flexibility index (Phi) is 5.93. The molecular formula is C23H27N3O2. The lowest BCUT2D eigenvalue weighted by atomic mass is 9.99. The van der Waals surface area contributed by atoms with Crippen molar-refractivity contribution in [1.29, 1.82) is 0 Å². The summed E-state index contributed by atoms with van der Waals surface area (Å²) in [6.07, 6.45) is 0.358. The first kappa shape index (κ1) is 19.8. The van der Waals surface area contributed by atoms with Gasteiger partial charge in [0.15, 0.2) is 5.78 Å². The van der Waals surface area contributed by atoms with Gasteiger partial charge in [0, 0.05) is 18.4 Å². The van der Waals surface area contributed by atoms with Gasteiger partial charge in [0.25, 0.3) is 0 Å². The van der Waals surface area contributed by atoms with Crippen molar-refractivity contribution in [1.82, 2.24) is 15.3 Å². The molecule has 3 rings (SSSR count). The summed E-state index contributed by atoms with van der Waals surface area (Å²) in [6, 6.07) is 13.4. The molecule has 0 aliphatic rings. The van der Waals surface area contributed by atoms with Crippen LogP contribution in [0.15, 0.2) is 42.5 Å². The van der Waals surface area contributed by atoms with E-state index in [-0.39, 0.29) is 36.5 Å². The number of H-pyrrole nitrogens is 1. The van der Waals surface area contributed by atoms with Crippen LogP contribution in [0.25, 0.3) is 11.0 Å². The van der Waals surface area contributed by atoms with Crippen molar-refractivity contribution >= 4 is 22.7 Å². The number of ketones is 1. The van der Waals surface area contributed by atoms with E-state index in [9.17, 15) is 9.59 Å². The molecule has 1 heterocycles. The van der Waals surface area contributed by atoms with Crippen LogP contribution in [0.3, 0.4) is 0 Å². The number of hydrogen-bond acceptors (Lipinski definition) is 3. The molecule has 0 radical (unpaired) electrons. The summed E-state index contributed by atoms with van der Waals surface area (Å²) in [7, 11) is 0. The van der Waals surface area contributed by atoms with Crippen LogP contribution >= 0.6 is 0 Å². The number of aryl methyl sites for hydroxylation is 2. The van der Waals surface area contributed by atoms with Gasteiger partial charge in [-0.3, -0.25) is 9.59 Å². The molecule has 2 N–H and O–H groups in total. The second-order valence-electron chi connectivity index (χ2n) is 7.67. The largest absolute Gasteiger partial charge is 0.346 e. The van der Waals surface area contributed by atoms with Crippen molar-refractivity contribution in [3.63, 3.8) is 0 Å². The third kappa shape index (κ3) is 4.47. The number of carbonyl (C=O) groups excluding carboxylic acids is 2. The van der Waals surface area contributed by atoms with Gasteiger partial charge in [-0.2, -0.15) is 0 Å². The van der Waals surface area contributed by atoms with Crippen LogP contribution in [-0.4, -0.2) is 21.7 Å². The van der Waals surface area contributed by atoms with Crippen molar-refractivity contribution in [2.75, 3.05) is 0 Å². The molecule has 0 saturated carbocycles. The van der Waals surface area contributed by atoms with E-state index < -0.39 is 0 Å². The summed E-state index contributed by atoms with van der Waals surface area (Å²) in [5, 5.41) is 3.04. The second kappa shape index (κ2) is 8.38. The third-order valence-electron chi connectivity index (χ3n) is 4.96. The lowest BCUT2D eigenvalue weighted by Gasteiger charge is -2.20. The number of carbonyl (C=O) groups is 2. The number of para-hydroxylation sites is 2. The van der Waals surface area contributed by atoms with Gasteiger partial charge in [0.05, 0.1) is 17.1 Å². The zero-order chi connectivity index (χ0) is 20.3. The normalized spacial score (nSPS) is 12.3. The molecule has 0 aliphatic heterocycles. The average molecular weight is 377 g/mol. The standard InChI is InChI=1S/C23H27N3O2/c1-14(2)22(23-24-18-7-5-6-8-19(18)25-23)26-21(28)12-11-20(27)17-13-15(3)9-10-16(17)4/h5-10,13-14,22H,11-12H2,1-4H3,(H,24,25)(H,26,28). The number of nitrogens with zero attached hydrogens (tertiary/aromatic N) is 1. The monoisotopic (exact) mass is 377 g/mol. The number of fused-ring (bicyclic) bond motifs is 1. The van der Waals surface area contributed by atoms with Gasteiger partial charge >= 0.3 is 0 Å². The van der Waals surface area contributed by atoms with Crippen molar-refractivity contribution < 1.29 is 9.59 Å². The van der Waals surface area contributed by atoms with E-state index in [1.54, 1.807) is 0 Å². The molecule has 0 spiro atoms. The molecule has 1 amide bonds. The fourth-order valence-corrected chi connectivity index (χ4v) is 3.31. The van der Waals surface area contributed by atoms with Crippen LogP contribution in [0.1, 0.15) is 60.0 Å². The van der Waals surface area contributed by atoms with E-state index in [4.69, 9.17) is 0 Å². The fourth-order valence-electron chi connectivity index (χ4n) is 3.31. The highest BCUT2D eigenvalue weighted by Crippen LogP contribution is 2.22. The van der Waals surface area contributed by atoms with Gasteiger partial charge < -0.3 is 10.3 Å². The summed E-state index contributed by atoms with van der Waals surface area (Å²) >= 11 is 0. The number of Topliss-reactive ketones (excluding diaryl/α,β-unsaturated/α-hetero) is 1. The first-order chi connectivity index (χ1) is 13.3. The summed E-state index contributed by atoms with van der Waals surface area (Å²) in [5.41, 5.74) is 4.51. The van der Waals surface area contributed by atoms with E-state index in [0.29, 0.717) is 5.56 Å². The van der Waals surface area contributed by atoms with Gasteiger partial charge in [0.1, 0.15) is 5.82 Å². The number of benzene rings is 2. The minimum Gasteiger partial charge on any atom is -0.346 e. The van der Waals surface area contributed by atoms with Crippen LogP contribution in [0, 0.1) is 19.8 Å². The third-order valence-corrected chi connectivity index (χ3v) is 4.96. The van der Waals surface area contributed by atoms with Crippen LogP contribution in [-0.2, 0) is 4.79 Å². The predicted molar refractivity (Wildman–Crippen MR) is 111 cm³/mol. The Morgan fingerprint density at radius 2 is 1.82 bits per heavy atom. The summed E-state index contributed by atoms with van der Waals surface area (Å²) < 4.78 is 0.